The van der Waals surface area contributed by atoms with Gasteiger partial charge in [-0.1, -0.05) is 0 Å². The topological polar surface area (TPSA) is 59.7 Å². The molecular weight excluding hydrogens is 208 g/mol. The third kappa shape index (κ3) is 1.63. The van der Waals surface area contributed by atoms with E-state index in [1.165, 1.54) is 0 Å². The molecule has 1 aliphatic heterocycles. The lowest BCUT2D eigenvalue weighted by atomic mass is 9.74. The van der Waals surface area contributed by atoms with E-state index in [1.807, 2.05) is 19.9 Å². The van der Waals surface area contributed by atoms with Crippen LogP contribution in [0.1, 0.15) is 29.9 Å². The van der Waals surface area contributed by atoms with Gasteiger partial charge in [0.05, 0.1) is 0 Å². The second-order valence-corrected chi connectivity index (χ2v) is 4.33. The van der Waals surface area contributed by atoms with Gasteiger partial charge in [-0.3, -0.25) is 4.79 Å². The molecule has 1 aromatic rings. The second-order valence-electron chi connectivity index (χ2n) is 4.33. The minimum atomic E-state index is -0.819. The van der Waals surface area contributed by atoms with Gasteiger partial charge in [-0.05, 0) is 32.8 Å². The summed E-state index contributed by atoms with van der Waals surface area (Å²) in [6.07, 6.45) is 1.03. The molecule has 88 valence electrons. The van der Waals surface area contributed by atoms with Gasteiger partial charge in [0.15, 0.2) is 0 Å². The Bertz CT molecular complexity index is 399. The van der Waals surface area contributed by atoms with Gasteiger partial charge >= 0.3 is 5.97 Å². The highest BCUT2D eigenvalue weighted by atomic mass is 16.5. The maximum atomic E-state index is 11.5. The largest absolute Gasteiger partial charge is 0.481 e. The molecule has 1 saturated heterocycles. The fourth-order valence-electron chi connectivity index (χ4n) is 2.42. The average molecular weight is 224 g/mol. The summed E-state index contributed by atoms with van der Waals surface area (Å²) >= 11 is 0. The Hall–Kier alpha value is -1.29. The first kappa shape index (κ1) is 11.2. The van der Waals surface area contributed by atoms with E-state index >= 15 is 0 Å². The Balaban J connectivity index is 2.46. The van der Waals surface area contributed by atoms with E-state index in [-0.39, 0.29) is 0 Å². The minimum Gasteiger partial charge on any atom is -0.481 e. The maximum absolute atomic E-state index is 11.5. The van der Waals surface area contributed by atoms with E-state index in [2.05, 4.69) is 0 Å². The van der Waals surface area contributed by atoms with Gasteiger partial charge in [0, 0.05) is 18.8 Å². The number of aryl methyl sites for hydroxylation is 2. The minimum absolute atomic E-state index is 0.496. The molecule has 0 spiro atoms. The SMILES string of the molecule is Cc1cc(C2(C(=O)O)CCOCC2)c(C)o1. The molecule has 0 bridgehead atoms. The molecule has 2 heterocycles. The number of hydrogen-bond donors (Lipinski definition) is 1. The van der Waals surface area contributed by atoms with E-state index in [9.17, 15) is 9.90 Å². The van der Waals surface area contributed by atoms with Crippen LogP contribution in [0.3, 0.4) is 0 Å². The van der Waals surface area contributed by atoms with Crippen LogP contribution < -0.4 is 0 Å². The normalized spacial score (nSPS) is 19.6. The summed E-state index contributed by atoms with van der Waals surface area (Å²) in [5.74, 6) is 0.695. The Morgan fingerprint density at radius 1 is 1.38 bits per heavy atom. The molecule has 0 radical (unpaired) electrons. The van der Waals surface area contributed by atoms with E-state index in [0.717, 1.165) is 11.3 Å². The van der Waals surface area contributed by atoms with Crippen LogP contribution in [0.15, 0.2) is 10.5 Å². The van der Waals surface area contributed by atoms with Crippen molar-refractivity contribution in [2.45, 2.75) is 32.1 Å². The fourth-order valence-corrected chi connectivity index (χ4v) is 2.42. The summed E-state index contributed by atoms with van der Waals surface area (Å²) in [5, 5.41) is 9.48. The number of carboxylic acids is 1. The number of rotatable bonds is 2. The number of furan rings is 1. The zero-order valence-electron chi connectivity index (χ0n) is 9.58. The maximum Gasteiger partial charge on any atom is 0.314 e. The second kappa shape index (κ2) is 3.94. The zero-order valence-corrected chi connectivity index (χ0v) is 9.58. The quantitative estimate of drug-likeness (QED) is 0.835. The lowest BCUT2D eigenvalue weighted by Crippen LogP contribution is -2.41. The molecule has 1 aromatic heterocycles. The predicted octanol–water partition coefficient (Wildman–Crippen LogP) is 2.03. The van der Waals surface area contributed by atoms with Crippen molar-refractivity contribution in [2.75, 3.05) is 13.2 Å². The summed E-state index contributed by atoms with van der Waals surface area (Å²) in [6.45, 7) is 4.65. The standard InChI is InChI=1S/C12H16O4/c1-8-7-10(9(2)16-8)12(11(13)14)3-5-15-6-4-12/h7H,3-6H2,1-2H3,(H,13,14). The molecular formula is C12H16O4. The van der Waals surface area contributed by atoms with Gasteiger partial charge in [0.1, 0.15) is 16.9 Å². The van der Waals surface area contributed by atoms with Crippen molar-refractivity contribution in [3.8, 4) is 0 Å². The highest BCUT2D eigenvalue weighted by Crippen LogP contribution is 2.38. The van der Waals surface area contributed by atoms with Gasteiger partial charge in [-0.15, -0.1) is 0 Å². The first-order valence-corrected chi connectivity index (χ1v) is 5.45. The molecule has 1 fully saturated rings. The van der Waals surface area contributed by atoms with Crippen LogP contribution in [-0.2, 0) is 14.9 Å². The van der Waals surface area contributed by atoms with E-state index in [4.69, 9.17) is 9.15 Å². The molecule has 0 unspecified atom stereocenters. The van der Waals surface area contributed by atoms with Crippen LogP contribution in [0.25, 0.3) is 0 Å². The summed E-state index contributed by atoms with van der Waals surface area (Å²) in [6, 6.07) is 1.84. The Labute approximate surface area is 94.2 Å². The van der Waals surface area contributed by atoms with Gasteiger partial charge in [-0.25, -0.2) is 0 Å². The van der Waals surface area contributed by atoms with Crippen LogP contribution in [0.5, 0.6) is 0 Å². The van der Waals surface area contributed by atoms with Gasteiger partial charge < -0.3 is 14.3 Å². The molecule has 2 rings (SSSR count). The van der Waals surface area contributed by atoms with E-state index < -0.39 is 11.4 Å². The molecule has 0 amide bonds. The molecule has 0 aromatic carbocycles. The van der Waals surface area contributed by atoms with Crippen LogP contribution in [0.2, 0.25) is 0 Å². The van der Waals surface area contributed by atoms with Crippen LogP contribution >= 0.6 is 0 Å². The van der Waals surface area contributed by atoms with Crippen molar-refractivity contribution in [1.82, 2.24) is 0 Å². The first-order chi connectivity index (χ1) is 7.56. The highest BCUT2D eigenvalue weighted by Gasteiger charge is 2.44. The Morgan fingerprint density at radius 2 is 2.00 bits per heavy atom. The Kier molecular flexibility index (Phi) is 2.76. The number of ether oxygens (including phenoxy) is 1. The monoisotopic (exact) mass is 224 g/mol. The number of hydrogen-bond acceptors (Lipinski definition) is 3. The lowest BCUT2D eigenvalue weighted by molar-refractivity contribution is -0.147. The summed E-state index contributed by atoms with van der Waals surface area (Å²) < 4.78 is 10.7. The molecule has 16 heavy (non-hydrogen) atoms. The number of carboxylic acid groups (broad SMARTS) is 1. The van der Waals surface area contributed by atoms with Crippen molar-refractivity contribution in [3.05, 3.63) is 23.2 Å². The van der Waals surface area contributed by atoms with E-state index in [1.54, 1.807) is 0 Å². The smallest absolute Gasteiger partial charge is 0.314 e. The highest BCUT2D eigenvalue weighted by molar-refractivity contribution is 5.82. The third-order valence-electron chi connectivity index (χ3n) is 3.31. The van der Waals surface area contributed by atoms with E-state index in [0.29, 0.717) is 31.8 Å². The van der Waals surface area contributed by atoms with Crippen molar-refractivity contribution in [1.29, 1.82) is 0 Å². The van der Waals surface area contributed by atoms with Crippen molar-refractivity contribution in [3.63, 3.8) is 0 Å². The van der Waals surface area contributed by atoms with Crippen LogP contribution in [0, 0.1) is 13.8 Å². The Morgan fingerprint density at radius 3 is 2.44 bits per heavy atom. The molecule has 0 saturated carbocycles. The molecule has 4 nitrogen and oxygen atoms in total. The molecule has 4 heteroatoms. The first-order valence-electron chi connectivity index (χ1n) is 5.45. The lowest BCUT2D eigenvalue weighted by Gasteiger charge is -2.32. The van der Waals surface area contributed by atoms with Crippen molar-refractivity contribution < 1.29 is 19.1 Å². The number of carbonyl (C=O) groups is 1. The van der Waals surface area contributed by atoms with Gasteiger partial charge in [0.25, 0.3) is 0 Å². The molecule has 1 aliphatic rings. The summed E-state index contributed by atoms with van der Waals surface area (Å²) in [4.78, 5) is 11.5. The molecule has 0 atom stereocenters. The van der Waals surface area contributed by atoms with Crippen molar-refractivity contribution >= 4 is 5.97 Å². The van der Waals surface area contributed by atoms with Crippen molar-refractivity contribution in [2.24, 2.45) is 0 Å². The molecule has 1 N–H and O–H groups in total. The van der Waals surface area contributed by atoms with Crippen LogP contribution in [0.4, 0.5) is 0 Å². The third-order valence-corrected chi connectivity index (χ3v) is 3.31. The number of aliphatic carboxylic acids is 1. The average Bonchev–Trinajstić information content (AvgIpc) is 2.59. The van der Waals surface area contributed by atoms with Gasteiger partial charge in [-0.2, -0.15) is 0 Å². The predicted molar refractivity (Wildman–Crippen MR) is 57.5 cm³/mol. The zero-order chi connectivity index (χ0) is 11.8. The fraction of sp³-hybridized carbons (Fsp3) is 0.583. The summed E-state index contributed by atoms with van der Waals surface area (Å²) in [7, 11) is 0. The molecule has 0 aliphatic carbocycles. The van der Waals surface area contributed by atoms with Gasteiger partial charge in [0.2, 0.25) is 0 Å². The van der Waals surface area contributed by atoms with Crippen LogP contribution in [-0.4, -0.2) is 24.3 Å². The summed E-state index contributed by atoms with van der Waals surface area (Å²) in [5.41, 5.74) is -0.0131.